The Morgan fingerprint density at radius 2 is 1.75 bits per heavy atom. The molecule has 132 valence electrons. The van der Waals surface area contributed by atoms with E-state index < -0.39 is 21.9 Å². The largest absolute Gasteiger partial charge is 0.342 e. The lowest BCUT2D eigenvalue weighted by molar-refractivity contribution is -0.135. The molecule has 1 heterocycles. The third kappa shape index (κ3) is 4.02. The van der Waals surface area contributed by atoms with Gasteiger partial charge in [-0.15, -0.1) is 0 Å². The van der Waals surface area contributed by atoms with E-state index in [1.165, 1.54) is 24.0 Å². The molecule has 1 aromatic carbocycles. The van der Waals surface area contributed by atoms with E-state index in [9.17, 15) is 22.4 Å². The van der Waals surface area contributed by atoms with E-state index >= 15 is 0 Å². The molecule has 0 spiro atoms. The lowest BCUT2D eigenvalue weighted by atomic mass is 10.2. The van der Waals surface area contributed by atoms with Crippen LogP contribution in [-0.4, -0.2) is 69.0 Å². The highest BCUT2D eigenvalue weighted by Gasteiger charge is 2.33. The molecule has 2 amide bonds. The van der Waals surface area contributed by atoms with Gasteiger partial charge in [0.15, 0.2) is 0 Å². The van der Waals surface area contributed by atoms with Gasteiger partial charge >= 0.3 is 0 Å². The van der Waals surface area contributed by atoms with Crippen LogP contribution < -0.4 is 4.31 Å². The molecule has 1 aliphatic heterocycles. The van der Waals surface area contributed by atoms with Crippen molar-refractivity contribution in [1.29, 1.82) is 0 Å². The molecule has 7 nitrogen and oxygen atoms in total. The van der Waals surface area contributed by atoms with Crippen LogP contribution in [0.15, 0.2) is 24.3 Å². The summed E-state index contributed by atoms with van der Waals surface area (Å²) < 4.78 is 38.4. The number of amides is 2. The second kappa shape index (κ2) is 7.16. The van der Waals surface area contributed by atoms with Gasteiger partial charge in [0.05, 0.1) is 11.9 Å². The highest BCUT2D eigenvalue weighted by atomic mass is 32.2. The number of benzene rings is 1. The minimum absolute atomic E-state index is 0.228. The number of hydrogen-bond acceptors (Lipinski definition) is 4. The quantitative estimate of drug-likeness (QED) is 0.709. The Morgan fingerprint density at radius 1 is 1.21 bits per heavy atom. The van der Waals surface area contributed by atoms with E-state index in [1.54, 1.807) is 4.90 Å². The first-order valence-electron chi connectivity index (χ1n) is 7.47. The maximum atomic E-state index is 13.1. The first kappa shape index (κ1) is 18.2. The van der Waals surface area contributed by atoms with Crippen molar-refractivity contribution in [3.8, 4) is 0 Å². The van der Waals surface area contributed by atoms with Gasteiger partial charge < -0.3 is 9.80 Å². The number of nitrogens with zero attached hydrogens (tertiary/aromatic N) is 3. The molecular weight excluding hydrogens is 337 g/mol. The summed E-state index contributed by atoms with van der Waals surface area (Å²) >= 11 is 0. The van der Waals surface area contributed by atoms with Crippen molar-refractivity contribution < 1.29 is 22.4 Å². The number of halogens is 1. The minimum Gasteiger partial charge on any atom is -0.342 e. The van der Waals surface area contributed by atoms with E-state index in [2.05, 4.69) is 0 Å². The average Bonchev–Trinajstić information content (AvgIpc) is 2.55. The zero-order valence-corrected chi connectivity index (χ0v) is 14.4. The molecule has 1 atom stereocenters. The first-order valence-corrected chi connectivity index (χ1v) is 9.32. The van der Waals surface area contributed by atoms with Crippen LogP contribution in [0.4, 0.5) is 10.1 Å². The molecule has 0 saturated carbocycles. The minimum atomic E-state index is -3.73. The number of carbonyl (C=O) groups is 2. The Labute approximate surface area is 140 Å². The summed E-state index contributed by atoms with van der Waals surface area (Å²) in [5.41, 5.74) is 0.228. The van der Waals surface area contributed by atoms with E-state index in [4.69, 9.17) is 0 Å². The summed E-state index contributed by atoms with van der Waals surface area (Å²) in [5, 5.41) is 0. The van der Waals surface area contributed by atoms with Gasteiger partial charge in [0.25, 0.3) is 0 Å². The second-order valence-corrected chi connectivity index (χ2v) is 7.54. The zero-order chi connectivity index (χ0) is 17.9. The van der Waals surface area contributed by atoms with Gasteiger partial charge in [-0.1, -0.05) is 0 Å². The summed E-state index contributed by atoms with van der Waals surface area (Å²) in [6.45, 7) is 3.03. The predicted octanol–water partition coefficient (Wildman–Crippen LogP) is 0.281. The molecule has 0 radical (unpaired) electrons. The van der Waals surface area contributed by atoms with Crippen LogP contribution in [0.2, 0.25) is 0 Å². The van der Waals surface area contributed by atoms with Crippen LogP contribution in [0.1, 0.15) is 6.92 Å². The fraction of sp³-hybridized carbons (Fsp3) is 0.467. The first-order chi connectivity index (χ1) is 11.2. The Balaban J connectivity index is 2.22. The summed E-state index contributed by atoms with van der Waals surface area (Å²) in [7, 11) is -3.73. The van der Waals surface area contributed by atoms with Crippen molar-refractivity contribution in [2.45, 2.75) is 13.0 Å². The number of hydrogen-bond donors (Lipinski definition) is 0. The van der Waals surface area contributed by atoms with E-state index in [0.717, 1.165) is 29.1 Å². The molecule has 0 bridgehead atoms. The Bertz CT molecular complexity index is 700. The van der Waals surface area contributed by atoms with Crippen molar-refractivity contribution in [2.75, 3.05) is 36.7 Å². The Kier molecular flexibility index (Phi) is 5.43. The normalized spacial score (nSPS) is 16.6. The molecule has 1 aromatic rings. The Morgan fingerprint density at radius 3 is 2.21 bits per heavy atom. The monoisotopic (exact) mass is 357 g/mol. The predicted molar refractivity (Wildman–Crippen MR) is 87.4 cm³/mol. The number of piperazine rings is 1. The average molecular weight is 357 g/mol. The van der Waals surface area contributed by atoms with Gasteiger partial charge in [0, 0.05) is 26.2 Å². The van der Waals surface area contributed by atoms with Crippen molar-refractivity contribution in [3.63, 3.8) is 0 Å². The number of rotatable bonds is 5. The molecule has 0 N–H and O–H groups in total. The van der Waals surface area contributed by atoms with E-state index in [0.29, 0.717) is 26.2 Å². The lowest BCUT2D eigenvalue weighted by Gasteiger charge is -2.36. The fourth-order valence-electron chi connectivity index (χ4n) is 2.70. The van der Waals surface area contributed by atoms with Crippen molar-refractivity contribution >= 4 is 28.0 Å². The van der Waals surface area contributed by atoms with Crippen LogP contribution in [-0.2, 0) is 19.6 Å². The summed E-state index contributed by atoms with van der Waals surface area (Å²) in [6, 6.07) is 3.98. The summed E-state index contributed by atoms with van der Waals surface area (Å²) in [6.07, 6.45) is 1.73. The molecular formula is C15H20FN3O4S. The van der Waals surface area contributed by atoms with Gasteiger partial charge in [0.1, 0.15) is 11.9 Å². The third-order valence-electron chi connectivity index (χ3n) is 3.92. The van der Waals surface area contributed by atoms with Gasteiger partial charge in [-0.05, 0) is 31.2 Å². The van der Waals surface area contributed by atoms with Crippen LogP contribution in [0.5, 0.6) is 0 Å². The number of sulfonamides is 1. The van der Waals surface area contributed by atoms with Crippen LogP contribution in [0.3, 0.4) is 0 Å². The maximum absolute atomic E-state index is 13.1. The van der Waals surface area contributed by atoms with Gasteiger partial charge in [0.2, 0.25) is 22.3 Å². The molecule has 1 fully saturated rings. The molecule has 1 aliphatic rings. The SMILES string of the molecule is CC(C(=O)N1CCN(C=O)CC1)N(c1ccc(F)cc1)S(C)(=O)=O. The topological polar surface area (TPSA) is 78.0 Å². The number of anilines is 1. The zero-order valence-electron chi connectivity index (χ0n) is 13.6. The van der Waals surface area contributed by atoms with Crippen LogP contribution in [0.25, 0.3) is 0 Å². The third-order valence-corrected chi connectivity index (χ3v) is 5.16. The van der Waals surface area contributed by atoms with Gasteiger partial charge in [-0.2, -0.15) is 0 Å². The van der Waals surface area contributed by atoms with Crippen LogP contribution >= 0.6 is 0 Å². The molecule has 1 saturated heterocycles. The van der Waals surface area contributed by atoms with E-state index in [-0.39, 0.29) is 11.6 Å². The number of carbonyl (C=O) groups excluding carboxylic acids is 2. The smallest absolute Gasteiger partial charge is 0.246 e. The van der Waals surface area contributed by atoms with Crippen LogP contribution in [0, 0.1) is 5.82 Å². The molecule has 1 unspecified atom stereocenters. The van der Waals surface area contributed by atoms with Crippen molar-refractivity contribution in [3.05, 3.63) is 30.1 Å². The fourth-order valence-corrected chi connectivity index (χ4v) is 3.87. The highest BCUT2D eigenvalue weighted by molar-refractivity contribution is 7.92. The standard InChI is InChI=1S/C15H20FN3O4S/c1-12(15(21)18-9-7-17(11-20)8-10-18)19(24(2,22)23)14-5-3-13(16)4-6-14/h3-6,11-12H,7-10H2,1-2H3. The maximum Gasteiger partial charge on any atom is 0.246 e. The molecule has 24 heavy (non-hydrogen) atoms. The Hall–Kier alpha value is -2.16. The molecule has 9 heteroatoms. The van der Waals surface area contributed by atoms with Crippen molar-refractivity contribution in [1.82, 2.24) is 9.80 Å². The van der Waals surface area contributed by atoms with E-state index in [1.807, 2.05) is 0 Å². The summed E-state index contributed by atoms with van der Waals surface area (Å²) in [4.78, 5) is 26.5. The molecule has 2 rings (SSSR count). The second-order valence-electron chi connectivity index (χ2n) is 5.68. The molecule has 0 aromatic heterocycles. The van der Waals surface area contributed by atoms with Gasteiger partial charge in [-0.25, -0.2) is 12.8 Å². The molecule has 0 aliphatic carbocycles. The van der Waals surface area contributed by atoms with Gasteiger partial charge in [-0.3, -0.25) is 13.9 Å². The summed E-state index contributed by atoms with van der Waals surface area (Å²) in [5.74, 6) is -0.841. The lowest BCUT2D eigenvalue weighted by Crippen LogP contribution is -2.55. The highest BCUT2D eigenvalue weighted by Crippen LogP contribution is 2.22. The van der Waals surface area contributed by atoms with Crippen molar-refractivity contribution in [2.24, 2.45) is 0 Å².